The van der Waals surface area contributed by atoms with Crippen LogP contribution >= 0.6 is 0 Å². The summed E-state index contributed by atoms with van der Waals surface area (Å²) in [4.78, 5) is 11.7. The predicted octanol–water partition coefficient (Wildman–Crippen LogP) is 3.41. The molecule has 0 unspecified atom stereocenters. The van der Waals surface area contributed by atoms with Crippen LogP contribution < -0.4 is 9.97 Å². The second-order valence-corrected chi connectivity index (χ2v) is 5.50. The van der Waals surface area contributed by atoms with Crippen molar-refractivity contribution in [3.63, 3.8) is 0 Å². The van der Waals surface area contributed by atoms with Crippen LogP contribution in [0.3, 0.4) is 0 Å². The maximum atomic E-state index is 11.7. The van der Waals surface area contributed by atoms with E-state index < -0.39 is 11.7 Å². The van der Waals surface area contributed by atoms with Crippen molar-refractivity contribution in [3.05, 3.63) is 29.2 Å². The highest BCUT2D eigenvalue weighted by atomic mass is 16.6. The Kier molecular flexibility index (Phi) is 3.56. The molecule has 1 radical (unpaired) electrons. The quantitative estimate of drug-likeness (QED) is 0.785. The van der Waals surface area contributed by atoms with Gasteiger partial charge in [0.1, 0.15) is 11.4 Å². The first kappa shape index (κ1) is 13.5. The number of ether oxygens (including phenoxy) is 1. The molecule has 1 aromatic carbocycles. The number of fused-ring (bicyclic) bond motifs is 1. The van der Waals surface area contributed by atoms with Crippen molar-refractivity contribution in [3.8, 4) is 5.75 Å². The third-order valence-corrected chi connectivity index (χ3v) is 2.41. The molecule has 0 aromatic heterocycles. The van der Waals surface area contributed by atoms with Crippen LogP contribution in [0.1, 0.15) is 33.3 Å². The van der Waals surface area contributed by atoms with Crippen molar-refractivity contribution < 1.29 is 14.2 Å². The lowest BCUT2D eigenvalue weighted by atomic mass is 9.84. The van der Waals surface area contributed by atoms with Crippen molar-refractivity contribution in [2.75, 3.05) is 5.32 Å². The van der Waals surface area contributed by atoms with E-state index in [1.165, 1.54) is 0 Å². The summed E-state index contributed by atoms with van der Waals surface area (Å²) in [5.74, 6) is 0.778. The molecule has 0 saturated carbocycles. The molecular formula is C14H17BNO3. The molecule has 5 heteroatoms. The fourth-order valence-corrected chi connectivity index (χ4v) is 1.70. The number of rotatable bonds is 1. The van der Waals surface area contributed by atoms with Gasteiger partial charge in [0, 0.05) is 11.3 Å². The first-order valence-electron chi connectivity index (χ1n) is 6.16. The summed E-state index contributed by atoms with van der Waals surface area (Å²) < 4.78 is 10.6. The van der Waals surface area contributed by atoms with Gasteiger partial charge in [-0.25, -0.2) is 4.79 Å². The zero-order valence-corrected chi connectivity index (χ0v) is 11.6. The number of nitrogens with one attached hydrogen (secondary N) is 1. The monoisotopic (exact) mass is 258 g/mol. The maximum absolute atomic E-state index is 11.7. The Labute approximate surface area is 114 Å². The predicted molar refractivity (Wildman–Crippen MR) is 76.3 cm³/mol. The zero-order chi connectivity index (χ0) is 14.0. The molecule has 19 heavy (non-hydrogen) atoms. The number of hydrogen-bond acceptors (Lipinski definition) is 3. The van der Waals surface area contributed by atoms with E-state index in [2.05, 4.69) is 5.32 Å². The van der Waals surface area contributed by atoms with Gasteiger partial charge in [-0.1, -0.05) is 11.5 Å². The van der Waals surface area contributed by atoms with E-state index in [-0.39, 0.29) is 0 Å². The van der Waals surface area contributed by atoms with E-state index in [0.717, 1.165) is 16.8 Å². The summed E-state index contributed by atoms with van der Waals surface area (Å²) in [5.41, 5.74) is 2.14. The third-order valence-electron chi connectivity index (χ3n) is 2.41. The molecule has 0 fully saturated rings. The lowest BCUT2D eigenvalue weighted by molar-refractivity contribution is 0.0636. The highest BCUT2D eigenvalue weighted by Crippen LogP contribution is 2.28. The Morgan fingerprint density at radius 1 is 1.37 bits per heavy atom. The number of benzene rings is 1. The summed E-state index contributed by atoms with van der Waals surface area (Å²) in [5, 5.41) is 2.71. The standard InChI is InChI=1S/C14H17BNO3/c1-9-7-10-8-11(5-6-12(10)19-15-9)16-13(17)18-14(2,3)4/h5-8H,1-4H3,(H,16,17). The molecule has 2 rings (SSSR count). The number of amides is 1. The Morgan fingerprint density at radius 2 is 2.11 bits per heavy atom. The fraction of sp³-hybridized carbons (Fsp3) is 0.357. The molecule has 0 bridgehead atoms. The van der Waals surface area contributed by atoms with Crippen molar-refractivity contribution in [1.82, 2.24) is 0 Å². The molecule has 0 saturated heterocycles. The lowest BCUT2D eigenvalue weighted by Crippen LogP contribution is -2.27. The largest absolute Gasteiger partial charge is 0.558 e. The van der Waals surface area contributed by atoms with Crippen LogP contribution in [-0.2, 0) is 4.74 Å². The van der Waals surface area contributed by atoms with Gasteiger partial charge >= 0.3 is 13.6 Å². The van der Waals surface area contributed by atoms with Gasteiger partial charge in [0.25, 0.3) is 0 Å². The van der Waals surface area contributed by atoms with Gasteiger partial charge < -0.3 is 9.39 Å². The number of carbonyl (C=O) groups is 1. The van der Waals surface area contributed by atoms with E-state index in [1.54, 1.807) is 13.5 Å². The Morgan fingerprint density at radius 3 is 2.79 bits per heavy atom. The minimum Gasteiger partial charge on any atom is -0.558 e. The minimum absolute atomic E-state index is 0.462. The average Bonchev–Trinajstić information content (AvgIpc) is 2.25. The second-order valence-electron chi connectivity index (χ2n) is 5.50. The molecule has 0 spiro atoms. The van der Waals surface area contributed by atoms with E-state index in [0.29, 0.717) is 5.69 Å². The maximum Gasteiger partial charge on any atom is 0.412 e. The Hall–Kier alpha value is -1.91. The molecule has 0 aliphatic carbocycles. The van der Waals surface area contributed by atoms with Gasteiger partial charge in [-0.3, -0.25) is 5.32 Å². The summed E-state index contributed by atoms with van der Waals surface area (Å²) in [6.45, 7) is 7.44. The first-order valence-corrected chi connectivity index (χ1v) is 6.16. The number of hydrogen-bond donors (Lipinski definition) is 1. The van der Waals surface area contributed by atoms with Gasteiger partial charge in [0.2, 0.25) is 0 Å². The smallest absolute Gasteiger partial charge is 0.412 e. The summed E-state index contributed by atoms with van der Waals surface area (Å²) in [7, 11) is 1.70. The molecular weight excluding hydrogens is 241 g/mol. The molecule has 1 heterocycles. The SMILES string of the molecule is CC1=Cc2cc(NC(=O)OC(C)(C)C)ccc2O[B]1. The molecule has 1 aliphatic rings. The van der Waals surface area contributed by atoms with Crippen LogP contribution in [-0.4, -0.2) is 19.2 Å². The van der Waals surface area contributed by atoms with E-state index >= 15 is 0 Å². The van der Waals surface area contributed by atoms with Crippen LogP contribution in [0.2, 0.25) is 0 Å². The summed E-state index contributed by atoms with van der Waals surface area (Å²) in [6, 6.07) is 5.46. The van der Waals surface area contributed by atoms with Gasteiger partial charge in [-0.15, -0.1) is 0 Å². The molecule has 1 N–H and O–H groups in total. The van der Waals surface area contributed by atoms with Gasteiger partial charge in [0.15, 0.2) is 0 Å². The van der Waals surface area contributed by atoms with Crippen LogP contribution in [0, 0.1) is 0 Å². The summed E-state index contributed by atoms with van der Waals surface area (Å²) in [6.07, 6.45) is 1.54. The van der Waals surface area contributed by atoms with Crippen molar-refractivity contribution in [1.29, 1.82) is 0 Å². The summed E-state index contributed by atoms with van der Waals surface area (Å²) >= 11 is 0. The van der Waals surface area contributed by atoms with Crippen LogP contribution in [0.5, 0.6) is 5.75 Å². The molecule has 99 valence electrons. The van der Waals surface area contributed by atoms with Crippen LogP contribution in [0.15, 0.2) is 23.7 Å². The molecule has 1 amide bonds. The first-order chi connectivity index (χ1) is 8.83. The van der Waals surface area contributed by atoms with E-state index in [4.69, 9.17) is 9.39 Å². The molecule has 1 aliphatic heterocycles. The van der Waals surface area contributed by atoms with Crippen LogP contribution in [0.4, 0.5) is 10.5 Å². The molecule has 0 atom stereocenters. The highest BCUT2D eigenvalue weighted by molar-refractivity contribution is 6.41. The van der Waals surface area contributed by atoms with Gasteiger partial charge in [-0.2, -0.15) is 0 Å². The third kappa shape index (κ3) is 3.78. The van der Waals surface area contributed by atoms with Gasteiger partial charge in [-0.05, 0) is 45.9 Å². The average molecular weight is 258 g/mol. The minimum atomic E-state index is -0.507. The van der Waals surface area contributed by atoms with Crippen molar-refractivity contribution >= 4 is 25.3 Å². The normalized spacial score (nSPS) is 13.6. The number of carbonyl (C=O) groups excluding carboxylic acids is 1. The topological polar surface area (TPSA) is 47.6 Å². The number of anilines is 1. The fourth-order valence-electron chi connectivity index (χ4n) is 1.70. The van der Waals surface area contributed by atoms with Crippen molar-refractivity contribution in [2.24, 2.45) is 0 Å². The second kappa shape index (κ2) is 5.00. The van der Waals surface area contributed by atoms with E-state index in [1.807, 2.05) is 45.9 Å². The molecule has 1 aromatic rings. The van der Waals surface area contributed by atoms with Gasteiger partial charge in [0.05, 0.1) is 0 Å². The number of allylic oxidation sites excluding steroid dienone is 1. The Balaban J connectivity index is 2.11. The van der Waals surface area contributed by atoms with E-state index in [9.17, 15) is 4.79 Å². The zero-order valence-electron chi connectivity index (χ0n) is 11.6. The van der Waals surface area contributed by atoms with Crippen LogP contribution in [0.25, 0.3) is 6.08 Å². The molecule has 4 nitrogen and oxygen atoms in total. The Bertz CT molecular complexity index is 532. The lowest BCUT2D eigenvalue weighted by Gasteiger charge is -2.20. The highest BCUT2D eigenvalue weighted by Gasteiger charge is 2.17. The van der Waals surface area contributed by atoms with Crippen molar-refractivity contribution in [2.45, 2.75) is 33.3 Å².